The highest BCUT2D eigenvalue weighted by Gasteiger charge is 2.47. The standard InChI is InChI=1S/C24H31N2O2P/c1-18(17-23(27)25-24(2,3)4)26-29(28)21(19-11-7-5-8-12-19)15-16-22(29)20-13-9-6-10-14-20/h5-14,17,21-22H,15-16H2,1-4H3,(H,25,27)(H,26,28)/b18-17-/t21-,22-/m0/s1. The van der Waals surface area contributed by atoms with E-state index >= 15 is 0 Å². The fourth-order valence-corrected chi connectivity index (χ4v) is 7.77. The summed E-state index contributed by atoms with van der Waals surface area (Å²) < 4.78 is 14.5. The largest absolute Gasteiger partial charge is 0.348 e. The maximum absolute atomic E-state index is 14.5. The molecule has 1 aliphatic rings. The lowest BCUT2D eigenvalue weighted by Gasteiger charge is -2.29. The monoisotopic (exact) mass is 410 g/mol. The van der Waals surface area contributed by atoms with Crippen molar-refractivity contribution in [2.75, 3.05) is 0 Å². The highest BCUT2D eigenvalue weighted by atomic mass is 31.2. The average Bonchev–Trinajstić information content (AvgIpc) is 2.97. The Morgan fingerprint density at radius 1 is 0.931 bits per heavy atom. The molecule has 5 heteroatoms. The first kappa shape index (κ1) is 21.4. The molecular weight excluding hydrogens is 379 g/mol. The Kier molecular flexibility index (Phi) is 6.33. The van der Waals surface area contributed by atoms with Crippen molar-refractivity contribution in [3.05, 3.63) is 83.6 Å². The van der Waals surface area contributed by atoms with Gasteiger partial charge in [-0.2, -0.15) is 0 Å². The van der Waals surface area contributed by atoms with Crippen LogP contribution in [0.5, 0.6) is 0 Å². The van der Waals surface area contributed by atoms with Gasteiger partial charge in [0.1, 0.15) is 0 Å². The summed E-state index contributed by atoms with van der Waals surface area (Å²) >= 11 is 0. The van der Waals surface area contributed by atoms with Crippen LogP contribution in [0.3, 0.4) is 0 Å². The topological polar surface area (TPSA) is 58.2 Å². The van der Waals surface area contributed by atoms with Gasteiger partial charge < -0.3 is 10.4 Å². The molecule has 2 aromatic carbocycles. The molecule has 3 rings (SSSR count). The number of benzene rings is 2. The first-order valence-electron chi connectivity index (χ1n) is 10.2. The minimum Gasteiger partial charge on any atom is -0.348 e. The van der Waals surface area contributed by atoms with Crippen LogP contribution in [0.2, 0.25) is 0 Å². The highest BCUT2D eigenvalue weighted by molar-refractivity contribution is 7.63. The molecule has 1 heterocycles. The number of hydrogen-bond donors (Lipinski definition) is 2. The third-order valence-electron chi connectivity index (χ3n) is 5.21. The summed E-state index contributed by atoms with van der Waals surface area (Å²) in [5.74, 6) is -0.180. The van der Waals surface area contributed by atoms with E-state index in [2.05, 4.69) is 34.7 Å². The molecule has 0 unspecified atom stereocenters. The fourth-order valence-electron chi connectivity index (χ4n) is 4.11. The molecule has 0 aromatic heterocycles. The third kappa shape index (κ3) is 5.19. The highest BCUT2D eigenvalue weighted by Crippen LogP contribution is 2.74. The summed E-state index contributed by atoms with van der Waals surface area (Å²) in [7, 11) is -2.90. The Bertz CT molecular complexity index is 865. The van der Waals surface area contributed by atoms with Gasteiger partial charge in [-0.15, -0.1) is 0 Å². The van der Waals surface area contributed by atoms with Gasteiger partial charge in [0.15, 0.2) is 7.29 Å². The minimum atomic E-state index is -2.90. The number of rotatable bonds is 5. The predicted octanol–water partition coefficient (Wildman–Crippen LogP) is 5.95. The van der Waals surface area contributed by atoms with Crippen molar-refractivity contribution in [2.45, 2.75) is 57.4 Å². The second kappa shape index (κ2) is 8.59. The van der Waals surface area contributed by atoms with Gasteiger partial charge in [0.2, 0.25) is 5.91 Å². The predicted molar refractivity (Wildman–Crippen MR) is 120 cm³/mol. The van der Waals surface area contributed by atoms with E-state index in [4.69, 9.17) is 0 Å². The number of hydrogen-bond acceptors (Lipinski definition) is 2. The smallest absolute Gasteiger partial charge is 0.246 e. The lowest BCUT2D eigenvalue weighted by atomic mass is 10.0. The molecule has 1 saturated heterocycles. The van der Waals surface area contributed by atoms with Gasteiger partial charge in [-0.3, -0.25) is 9.36 Å². The van der Waals surface area contributed by atoms with E-state index in [0.717, 1.165) is 24.0 Å². The molecule has 1 fully saturated rings. The average molecular weight is 410 g/mol. The molecule has 0 bridgehead atoms. The lowest BCUT2D eigenvalue weighted by Crippen LogP contribution is -2.40. The van der Waals surface area contributed by atoms with Crippen LogP contribution in [0.4, 0.5) is 0 Å². The number of carbonyl (C=O) groups is 1. The fraction of sp³-hybridized carbons (Fsp3) is 0.375. The van der Waals surface area contributed by atoms with Crippen molar-refractivity contribution >= 4 is 13.2 Å². The van der Waals surface area contributed by atoms with Crippen molar-refractivity contribution in [2.24, 2.45) is 0 Å². The maximum Gasteiger partial charge on any atom is 0.246 e. The quantitative estimate of drug-likeness (QED) is 0.473. The molecule has 0 radical (unpaired) electrons. The summed E-state index contributed by atoms with van der Waals surface area (Å²) in [5, 5.41) is 6.25. The van der Waals surface area contributed by atoms with Crippen LogP contribution in [-0.4, -0.2) is 11.4 Å². The maximum atomic E-state index is 14.5. The molecule has 29 heavy (non-hydrogen) atoms. The van der Waals surface area contributed by atoms with E-state index < -0.39 is 7.29 Å². The SMILES string of the molecule is C/C(=C/C(=O)NC(C)(C)C)NP1(=O)[C@H](c2ccccc2)CC[C@H]1c1ccccc1. The van der Waals surface area contributed by atoms with Gasteiger partial charge >= 0.3 is 0 Å². The molecular formula is C24H31N2O2P. The number of carbonyl (C=O) groups excluding carboxylic acids is 1. The first-order valence-corrected chi connectivity index (χ1v) is 12.0. The van der Waals surface area contributed by atoms with E-state index in [9.17, 15) is 9.36 Å². The van der Waals surface area contributed by atoms with Crippen LogP contribution in [0, 0.1) is 0 Å². The summed E-state index contributed by atoms with van der Waals surface area (Å²) in [6.45, 7) is 7.65. The number of allylic oxidation sites excluding steroid dienone is 1. The Morgan fingerprint density at radius 3 is 1.79 bits per heavy atom. The van der Waals surface area contributed by atoms with Crippen molar-refractivity contribution < 1.29 is 9.36 Å². The Hall–Kier alpha value is -2.32. The van der Waals surface area contributed by atoms with Crippen LogP contribution in [-0.2, 0) is 9.36 Å². The van der Waals surface area contributed by atoms with E-state index in [0.29, 0.717) is 5.70 Å². The van der Waals surface area contributed by atoms with Gasteiger partial charge in [0, 0.05) is 17.3 Å². The first-order chi connectivity index (χ1) is 13.7. The van der Waals surface area contributed by atoms with Crippen LogP contribution in [0.25, 0.3) is 0 Å². The van der Waals surface area contributed by atoms with Gasteiger partial charge in [-0.25, -0.2) is 0 Å². The van der Waals surface area contributed by atoms with Crippen molar-refractivity contribution in [1.82, 2.24) is 10.4 Å². The summed E-state index contributed by atoms with van der Waals surface area (Å²) in [4.78, 5) is 12.3. The number of amides is 1. The van der Waals surface area contributed by atoms with Crippen molar-refractivity contribution in [1.29, 1.82) is 0 Å². The molecule has 2 aromatic rings. The van der Waals surface area contributed by atoms with Gasteiger partial charge in [0.05, 0.1) is 11.3 Å². The third-order valence-corrected chi connectivity index (χ3v) is 8.87. The normalized spacial score (nSPS) is 21.6. The van der Waals surface area contributed by atoms with Gasteiger partial charge in [0.25, 0.3) is 0 Å². The van der Waals surface area contributed by atoms with Gasteiger partial charge in [-0.1, -0.05) is 60.7 Å². The molecule has 154 valence electrons. The molecule has 4 nitrogen and oxygen atoms in total. The van der Waals surface area contributed by atoms with Gasteiger partial charge in [-0.05, 0) is 51.7 Å². The second-order valence-corrected chi connectivity index (χ2v) is 11.7. The van der Waals surface area contributed by atoms with Crippen LogP contribution < -0.4 is 10.4 Å². The van der Waals surface area contributed by atoms with Crippen molar-refractivity contribution in [3.8, 4) is 0 Å². The van der Waals surface area contributed by atoms with Crippen LogP contribution in [0.15, 0.2) is 72.4 Å². The zero-order valence-corrected chi connectivity index (χ0v) is 18.6. The van der Waals surface area contributed by atoms with E-state index in [1.165, 1.54) is 6.08 Å². The summed E-state index contributed by atoms with van der Waals surface area (Å²) in [6, 6.07) is 20.2. The molecule has 2 N–H and O–H groups in total. The lowest BCUT2D eigenvalue weighted by molar-refractivity contribution is -0.117. The van der Waals surface area contributed by atoms with E-state index in [1.807, 2.05) is 64.1 Å². The Labute approximate surface area is 174 Å². The molecule has 0 saturated carbocycles. The van der Waals surface area contributed by atoms with Crippen molar-refractivity contribution in [3.63, 3.8) is 0 Å². The molecule has 0 spiro atoms. The molecule has 1 amide bonds. The molecule has 0 aliphatic carbocycles. The molecule has 1 aliphatic heterocycles. The van der Waals surface area contributed by atoms with Crippen LogP contribution in [0.1, 0.15) is 63.0 Å². The van der Waals surface area contributed by atoms with E-state index in [1.54, 1.807) is 0 Å². The molecule has 2 atom stereocenters. The number of nitrogens with one attached hydrogen (secondary N) is 2. The summed E-state index contributed by atoms with van der Waals surface area (Å²) in [6.07, 6.45) is 3.23. The minimum absolute atomic E-state index is 0.0667. The zero-order valence-electron chi connectivity index (χ0n) is 17.7. The van der Waals surface area contributed by atoms with E-state index in [-0.39, 0.29) is 22.8 Å². The zero-order chi connectivity index (χ0) is 21.1. The Morgan fingerprint density at radius 2 is 1.38 bits per heavy atom. The Balaban J connectivity index is 1.93. The van der Waals surface area contributed by atoms with Crippen LogP contribution >= 0.6 is 7.29 Å². The summed E-state index contributed by atoms with van der Waals surface area (Å²) in [5.41, 5.74) is 2.37. The second-order valence-electron chi connectivity index (χ2n) is 8.82.